The van der Waals surface area contributed by atoms with Crippen molar-refractivity contribution in [3.8, 4) is 11.3 Å². The van der Waals surface area contributed by atoms with Crippen LogP contribution in [0.1, 0.15) is 87.1 Å². The van der Waals surface area contributed by atoms with Gasteiger partial charge in [0.15, 0.2) is 0 Å². The zero-order valence-electron chi connectivity index (χ0n) is 24.3. The van der Waals surface area contributed by atoms with Crippen LogP contribution in [0.3, 0.4) is 0 Å². The fraction of sp³-hybridized carbons (Fsp3) is 0.543. The van der Waals surface area contributed by atoms with E-state index in [1.165, 1.54) is 77.3 Å². The Morgan fingerprint density at radius 2 is 1.52 bits per heavy atom. The molecule has 3 aliphatic rings. The molecule has 1 aromatic heterocycles. The van der Waals surface area contributed by atoms with E-state index in [0.29, 0.717) is 12.0 Å². The Morgan fingerprint density at radius 3 is 2.27 bits per heavy atom. The summed E-state index contributed by atoms with van der Waals surface area (Å²) < 4.78 is 0. The first-order valence-corrected chi connectivity index (χ1v) is 15.9. The number of carbonyl (C=O) groups is 1. The summed E-state index contributed by atoms with van der Waals surface area (Å²) >= 11 is 0. The van der Waals surface area contributed by atoms with Crippen LogP contribution in [0.15, 0.2) is 54.6 Å². The van der Waals surface area contributed by atoms with Gasteiger partial charge in [0.1, 0.15) is 0 Å². The van der Waals surface area contributed by atoms with Gasteiger partial charge in [0.25, 0.3) is 5.91 Å². The first-order chi connectivity index (χ1) is 19.7. The lowest BCUT2D eigenvalue weighted by molar-refractivity contribution is 0.0878. The SMILES string of the molecule is C[C@H](NC(=O)c1c(CN2CCC(N3CCCCC3)CC2)c(-c2ccccc2)nc2ccccc12)C1CCCCC1. The van der Waals surface area contributed by atoms with E-state index in [0.717, 1.165) is 52.9 Å². The lowest BCUT2D eigenvalue weighted by atomic mass is 9.84. The smallest absolute Gasteiger partial charge is 0.252 e. The molecule has 1 atom stereocenters. The zero-order chi connectivity index (χ0) is 27.3. The molecule has 5 heteroatoms. The quantitative estimate of drug-likeness (QED) is 0.350. The number of nitrogens with zero attached hydrogens (tertiary/aromatic N) is 3. The summed E-state index contributed by atoms with van der Waals surface area (Å²) in [5, 5.41) is 4.44. The zero-order valence-corrected chi connectivity index (χ0v) is 24.3. The Balaban J connectivity index is 1.33. The standard InChI is InChI=1S/C35H46N4O/c1-26(27-13-5-2-6-14-27)36-35(40)33-30-17-9-10-18-32(30)37-34(28-15-7-3-8-16-28)31(33)25-38-23-19-29(20-24-38)39-21-11-4-12-22-39/h3,7-10,15-18,26-27,29H,2,4-6,11-14,19-25H2,1H3,(H,36,40)/t26-/m0/s1. The average molecular weight is 539 g/mol. The molecule has 2 saturated heterocycles. The highest BCUT2D eigenvalue weighted by Crippen LogP contribution is 2.33. The highest BCUT2D eigenvalue weighted by atomic mass is 16.1. The Hall–Kier alpha value is -2.76. The highest BCUT2D eigenvalue weighted by molar-refractivity contribution is 6.09. The van der Waals surface area contributed by atoms with Gasteiger partial charge < -0.3 is 10.2 Å². The summed E-state index contributed by atoms with van der Waals surface area (Å²) in [6, 6.07) is 19.6. The van der Waals surface area contributed by atoms with Gasteiger partial charge in [0.05, 0.1) is 16.8 Å². The molecule has 3 heterocycles. The molecular weight excluding hydrogens is 492 g/mol. The van der Waals surface area contributed by atoms with Crippen molar-refractivity contribution in [2.24, 2.45) is 5.92 Å². The summed E-state index contributed by atoms with van der Waals surface area (Å²) in [6.45, 7) is 7.64. The lowest BCUT2D eigenvalue weighted by Gasteiger charge is -2.40. The second-order valence-corrected chi connectivity index (χ2v) is 12.5. The van der Waals surface area contributed by atoms with Crippen molar-refractivity contribution in [3.63, 3.8) is 0 Å². The summed E-state index contributed by atoms with van der Waals surface area (Å²) in [7, 11) is 0. The van der Waals surface area contributed by atoms with Crippen molar-refractivity contribution in [3.05, 3.63) is 65.7 Å². The maximum Gasteiger partial charge on any atom is 0.252 e. The van der Waals surface area contributed by atoms with Crippen LogP contribution in [-0.2, 0) is 6.54 Å². The van der Waals surface area contributed by atoms with Gasteiger partial charge in [-0.15, -0.1) is 0 Å². The van der Waals surface area contributed by atoms with Crippen LogP contribution in [-0.4, -0.2) is 59.0 Å². The van der Waals surface area contributed by atoms with Crippen molar-refractivity contribution in [2.45, 2.75) is 89.8 Å². The van der Waals surface area contributed by atoms with Gasteiger partial charge in [-0.05, 0) is 83.6 Å². The van der Waals surface area contributed by atoms with Crippen LogP contribution in [0.2, 0.25) is 0 Å². The Morgan fingerprint density at radius 1 is 0.850 bits per heavy atom. The van der Waals surface area contributed by atoms with Gasteiger partial charge in [-0.25, -0.2) is 4.98 Å². The second-order valence-electron chi connectivity index (χ2n) is 12.5. The minimum absolute atomic E-state index is 0.0621. The predicted molar refractivity (Wildman–Crippen MR) is 164 cm³/mol. The summed E-state index contributed by atoms with van der Waals surface area (Å²) in [6.07, 6.45) is 12.8. The molecule has 3 fully saturated rings. The third-order valence-electron chi connectivity index (χ3n) is 9.83. The summed E-state index contributed by atoms with van der Waals surface area (Å²) in [5.74, 6) is 0.628. The number of hydrogen-bond donors (Lipinski definition) is 1. The molecule has 0 bridgehead atoms. The van der Waals surface area contributed by atoms with Crippen LogP contribution < -0.4 is 5.32 Å². The van der Waals surface area contributed by atoms with Crippen molar-refractivity contribution in [2.75, 3.05) is 26.2 Å². The number of nitrogens with one attached hydrogen (secondary N) is 1. The molecule has 0 radical (unpaired) electrons. The van der Waals surface area contributed by atoms with Crippen LogP contribution in [0.4, 0.5) is 0 Å². The number of fused-ring (bicyclic) bond motifs is 1. The Labute approximate surface area is 240 Å². The number of piperidine rings is 2. The first kappa shape index (κ1) is 27.4. The molecule has 40 heavy (non-hydrogen) atoms. The van der Waals surface area contributed by atoms with Gasteiger partial charge in [0.2, 0.25) is 0 Å². The monoisotopic (exact) mass is 538 g/mol. The third kappa shape index (κ3) is 6.11. The molecular formula is C35H46N4O. The first-order valence-electron chi connectivity index (χ1n) is 15.9. The third-order valence-corrected chi connectivity index (χ3v) is 9.83. The van der Waals surface area contributed by atoms with Crippen molar-refractivity contribution >= 4 is 16.8 Å². The number of hydrogen-bond acceptors (Lipinski definition) is 4. The summed E-state index contributed by atoms with van der Waals surface area (Å²) in [4.78, 5) is 24.8. The van der Waals surface area contributed by atoms with Crippen LogP contribution in [0.5, 0.6) is 0 Å². The van der Waals surface area contributed by atoms with Gasteiger partial charge in [-0.1, -0.05) is 74.2 Å². The van der Waals surface area contributed by atoms with Gasteiger partial charge in [-0.2, -0.15) is 0 Å². The topological polar surface area (TPSA) is 48.5 Å². The maximum absolute atomic E-state index is 14.3. The number of para-hydroxylation sites is 1. The van der Waals surface area contributed by atoms with E-state index < -0.39 is 0 Å². The molecule has 5 nitrogen and oxygen atoms in total. The van der Waals surface area contributed by atoms with Gasteiger partial charge in [0, 0.05) is 35.1 Å². The minimum atomic E-state index is 0.0621. The Bertz CT molecular complexity index is 1270. The number of likely N-dealkylation sites (tertiary alicyclic amines) is 2. The van der Waals surface area contributed by atoms with Gasteiger partial charge in [-0.3, -0.25) is 9.69 Å². The number of carbonyl (C=O) groups excluding carboxylic acids is 1. The van der Waals surface area contributed by atoms with Crippen molar-refractivity contribution in [1.82, 2.24) is 20.1 Å². The molecule has 0 unspecified atom stereocenters. The van der Waals surface area contributed by atoms with E-state index >= 15 is 0 Å². The molecule has 1 saturated carbocycles. The molecule has 0 spiro atoms. The van der Waals surface area contributed by atoms with Crippen LogP contribution >= 0.6 is 0 Å². The number of rotatable bonds is 7. The minimum Gasteiger partial charge on any atom is -0.349 e. The summed E-state index contributed by atoms with van der Waals surface area (Å²) in [5.41, 5.74) is 4.83. The van der Waals surface area contributed by atoms with Gasteiger partial charge >= 0.3 is 0 Å². The number of aromatic nitrogens is 1. The Kier molecular flexibility index (Phi) is 8.79. The molecule has 212 valence electrons. The van der Waals surface area contributed by atoms with Crippen molar-refractivity contribution in [1.29, 1.82) is 0 Å². The fourth-order valence-electron chi connectivity index (χ4n) is 7.48. The molecule has 6 rings (SSSR count). The molecule has 1 amide bonds. The van der Waals surface area contributed by atoms with Crippen molar-refractivity contribution < 1.29 is 4.79 Å². The number of amides is 1. The van der Waals surface area contributed by atoms with E-state index in [4.69, 9.17) is 4.98 Å². The molecule has 2 aliphatic heterocycles. The number of pyridine rings is 1. The maximum atomic E-state index is 14.3. The van der Waals surface area contributed by atoms with E-state index in [1.54, 1.807) is 0 Å². The van der Waals surface area contributed by atoms with E-state index in [1.807, 2.05) is 12.1 Å². The normalized spacial score (nSPS) is 20.9. The number of benzene rings is 2. The van der Waals surface area contributed by atoms with E-state index in [2.05, 4.69) is 64.5 Å². The fourth-order valence-corrected chi connectivity index (χ4v) is 7.48. The predicted octanol–water partition coefficient (Wildman–Crippen LogP) is 7.05. The average Bonchev–Trinajstić information content (AvgIpc) is 3.02. The van der Waals surface area contributed by atoms with E-state index in [-0.39, 0.29) is 11.9 Å². The molecule has 3 aromatic rings. The molecule has 1 N–H and O–H groups in total. The van der Waals surface area contributed by atoms with Crippen LogP contribution in [0.25, 0.3) is 22.2 Å². The van der Waals surface area contributed by atoms with Crippen LogP contribution in [0, 0.1) is 5.92 Å². The largest absolute Gasteiger partial charge is 0.349 e. The molecule has 1 aliphatic carbocycles. The lowest BCUT2D eigenvalue weighted by Crippen LogP contribution is -2.46. The second kappa shape index (κ2) is 12.8. The highest BCUT2D eigenvalue weighted by Gasteiger charge is 2.30. The van der Waals surface area contributed by atoms with E-state index in [9.17, 15) is 4.79 Å². The molecule has 2 aromatic carbocycles.